The van der Waals surface area contributed by atoms with E-state index in [4.69, 9.17) is 19.6 Å². The summed E-state index contributed by atoms with van der Waals surface area (Å²) in [5.74, 6) is 0. The fourth-order valence-corrected chi connectivity index (χ4v) is 3.34. The highest BCUT2D eigenvalue weighted by atomic mass is 31.3. The van der Waals surface area contributed by atoms with E-state index in [9.17, 15) is 13.7 Å². The Kier molecular flexibility index (Phi) is 4.04. The van der Waals surface area contributed by atoms with E-state index < -0.39 is 23.2 Å². The van der Waals surface area contributed by atoms with Crippen LogP contribution >= 0.6 is 23.2 Å². The van der Waals surface area contributed by atoms with Crippen LogP contribution in [-0.2, 0) is 22.3 Å². The highest BCUT2D eigenvalue weighted by Crippen LogP contribution is 2.64. The molecule has 0 saturated carbocycles. The second-order valence-corrected chi connectivity index (χ2v) is 6.76. The molecule has 4 N–H and O–H groups in total. The second kappa shape index (κ2) is 3.90. The van der Waals surface area contributed by atoms with E-state index in [0.29, 0.717) is 6.66 Å². The molecule has 0 heterocycles. The lowest BCUT2D eigenvalue weighted by molar-refractivity contribution is 0.224. The Labute approximate surface area is 72.7 Å². The maximum atomic E-state index is 10.5. The van der Waals surface area contributed by atoms with Crippen LogP contribution in [0.25, 0.3) is 0 Å². The van der Waals surface area contributed by atoms with Gasteiger partial charge in [-0.2, -0.15) is 4.31 Å². The fraction of sp³-hybridized carbons (Fsp3) is 1.00. The summed E-state index contributed by atoms with van der Waals surface area (Å²) >= 11 is 0. The van der Waals surface area contributed by atoms with Crippen molar-refractivity contribution < 1.29 is 41.9 Å². The predicted molar refractivity (Wildman–Crippen MR) is 39.8 cm³/mol. The Balaban J connectivity index is 4.54. The summed E-state index contributed by atoms with van der Waals surface area (Å²) in [5.41, 5.74) is 0. The Morgan fingerprint density at radius 2 is 1.31 bits per heavy atom. The predicted octanol–water partition coefficient (Wildman–Crippen LogP) is 0.0279. The van der Waals surface area contributed by atoms with Gasteiger partial charge in [0.1, 0.15) is 0 Å². The van der Waals surface area contributed by atoms with Crippen LogP contribution in [0.3, 0.4) is 0 Å². The van der Waals surface area contributed by atoms with Gasteiger partial charge in [0.2, 0.25) is 0 Å². The van der Waals surface area contributed by atoms with Gasteiger partial charge in [0, 0.05) is 6.66 Å². The summed E-state index contributed by atoms with van der Waals surface area (Å²) in [6.07, 6.45) is 0. The SMILES string of the molecule is C[P@](=O)(O)OP(=O)(O)OP(=O)(O)O. The maximum Gasteiger partial charge on any atom is 0.488 e. The Hall–Kier alpha value is 0.450. The molecule has 1 unspecified atom stereocenters. The van der Waals surface area contributed by atoms with Crippen LogP contribution < -0.4 is 0 Å². The van der Waals surface area contributed by atoms with Crippen molar-refractivity contribution in [3.63, 3.8) is 0 Å². The van der Waals surface area contributed by atoms with Crippen LogP contribution in [0.2, 0.25) is 0 Å². The number of rotatable bonds is 4. The summed E-state index contributed by atoms with van der Waals surface area (Å²) in [7, 11) is -14.8. The van der Waals surface area contributed by atoms with E-state index in [1.165, 1.54) is 0 Å². The topological polar surface area (TPSA) is 151 Å². The molecule has 13 heavy (non-hydrogen) atoms. The molecule has 0 aromatic heterocycles. The molecule has 0 fully saturated rings. The van der Waals surface area contributed by atoms with Gasteiger partial charge >= 0.3 is 23.2 Å². The fourth-order valence-electron chi connectivity index (χ4n) is 0.341. The highest BCUT2D eigenvalue weighted by Gasteiger charge is 2.37. The van der Waals surface area contributed by atoms with Crippen molar-refractivity contribution in [3.05, 3.63) is 0 Å². The Morgan fingerprint density at radius 3 is 1.54 bits per heavy atom. The molecule has 0 bridgehead atoms. The van der Waals surface area contributed by atoms with Gasteiger partial charge in [0.15, 0.2) is 0 Å². The third-order valence-electron chi connectivity index (χ3n) is 0.464. The maximum absolute atomic E-state index is 10.5. The van der Waals surface area contributed by atoms with Gasteiger partial charge in [0.05, 0.1) is 0 Å². The molecule has 0 spiro atoms. The van der Waals surface area contributed by atoms with Crippen molar-refractivity contribution in [2.45, 2.75) is 0 Å². The average Bonchev–Trinajstić information content (AvgIpc) is 1.43. The lowest BCUT2D eigenvalue weighted by Gasteiger charge is -2.13. The van der Waals surface area contributed by atoms with E-state index >= 15 is 0 Å². The van der Waals surface area contributed by atoms with Crippen LogP contribution in [0, 0.1) is 0 Å². The second-order valence-electron chi connectivity index (χ2n) is 1.93. The first kappa shape index (κ1) is 13.4. The average molecular weight is 256 g/mol. The lowest BCUT2D eigenvalue weighted by Crippen LogP contribution is -1.91. The van der Waals surface area contributed by atoms with Crippen molar-refractivity contribution >= 4 is 23.2 Å². The molecule has 0 amide bonds. The van der Waals surface area contributed by atoms with Gasteiger partial charge in [-0.15, -0.1) is 0 Å². The molecule has 0 aliphatic rings. The molecule has 0 aromatic rings. The summed E-state index contributed by atoms with van der Waals surface area (Å²) in [6, 6.07) is 0. The van der Waals surface area contributed by atoms with Gasteiger partial charge < -0.3 is 19.6 Å². The van der Waals surface area contributed by atoms with E-state index in [1.54, 1.807) is 0 Å². The minimum absolute atomic E-state index is 0.554. The molecule has 12 heteroatoms. The third-order valence-corrected chi connectivity index (χ3v) is 4.18. The quantitative estimate of drug-likeness (QED) is 0.510. The molecule has 0 saturated heterocycles. The third kappa shape index (κ3) is 8.77. The summed E-state index contributed by atoms with van der Waals surface area (Å²) < 4.78 is 37.7. The molecular weight excluding hydrogens is 249 g/mol. The molecule has 2 atom stereocenters. The van der Waals surface area contributed by atoms with Crippen molar-refractivity contribution in [1.29, 1.82) is 0 Å². The summed E-state index contributed by atoms with van der Waals surface area (Å²) in [4.78, 5) is 33.0. The summed E-state index contributed by atoms with van der Waals surface area (Å²) in [6.45, 7) is 0.554. The van der Waals surface area contributed by atoms with Crippen LogP contribution in [0.15, 0.2) is 0 Å². The number of phosphoric acid groups is 2. The smallest absolute Gasteiger partial charge is 0.324 e. The molecular formula is CH7O9P3. The van der Waals surface area contributed by atoms with E-state index in [2.05, 4.69) is 8.62 Å². The first-order chi connectivity index (χ1) is 5.41. The minimum atomic E-state index is -5.24. The molecule has 0 aliphatic heterocycles. The molecule has 0 aromatic carbocycles. The van der Waals surface area contributed by atoms with Crippen molar-refractivity contribution in [2.24, 2.45) is 0 Å². The number of hydrogen-bond donors (Lipinski definition) is 4. The van der Waals surface area contributed by atoms with Crippen LogP contribution in [0.4, 0.5) is 0 Å². The standard InChI is InChI=1S/CH7O9P3/c1-11(2,3)9-13(7,8)10-12(4,5)6/h1H3,(H,2,3)(H,7,8)(H2,4,5,6). The highest BCUT2D eigenvalue weighted by molar-refractivity contribution is 7.67. The zero-order valence-corrected chi connectivity index (χ0v) is 8.86. The van der Waals surface area contributed by atoms with Gasteiger partial charge in [-0.1, -0.05) is 0 Å². The van der Waals surface area contributed by atoms with E-state index in [1.807, 2.05) is 0 Å². The first-order valence-corrected chi connectivity index (χ1v) is 7.58. The van der Waals surface area contributed by atoms with Gasteiger partial charge in [0.25, 0.3) is 0 Å². The largest absolute Gasteiger partial charge is 0.488 e. The Morgan fingerprint density at radius 1 is 0.923 bits per heavy atom. The van der Waals surface area contributed by atoms with E-state index in [-0.39, 0.29) is 0 Å². The van der Waals surface area contributed by atoms with E-state index in [0.717, 1.165) is 0 Å². The molecule has 0 radical (unpaired) electrons. The molecule has 9 nitrogen and oxygen atoms in total. The number of hydrogen-bond acceptors (Lipinski definition) is 5. The minimum Gasteiger partial charge on any atom is -0.324 e. The summed E-state index contributed by atoms with van der Waals surface area (Å²) in [5, 5.41) is 0. The van der Waals surface area contributed by atoms with Gasteiger partial charge in [-0.3, -0.25) is 4.57 Å². The molecule has 0 rings (SSSR count). The monoisotopic (exact) mass is 256 g/mol. The van der Waals surface area contributed by atoms with Crippen molar-refractivity contribution in [2.75, 3.05) is 6.66 Å². The van der Waals surface area contributed by atoms with Crippen LogP contribution in [-0.4, -0.2) is 26.2 Å². The van der Waals surface area contributed by atoms with Gasteiger partial charge in [-0.25, -0.2) is 13.4 Å². The van der Waals surface area contributed by atoms with Crippen molar-refractivity contribution in [1.82, 2.24) is 0 Å². The van der Waals surface area contributed by atoms with Gasteiger partial charge in [-0.05, 0) is 0 Å². The molecule has 80 valence electrons. The lowest BCUT2D eigenvalue weighted by atomic mass is 12.0. The first-order valence-electron chi connectivity index (χ1n) is 2.53. The molecule has 0 aliphatic carbocycles. The zero-order valence-electron chi connectivity index (χ0n) is 6.17. The normalized spacial score (nSPS) is 21.9. The van der Waals surface area contributed by atoms with Crippen LogP contribution in [0.5, 0.6) is 0 Å². The van der Waals surface area contributed by atoms with Crippen LogP contribution in [0.1, 0.15) is 0 Å². The van der Waals surface area contributed by atoms with Crippen molar-refractivity contribution in [3.8, 4) is 0 Å². The zero-order chi connectivity index (χ0) is 10.9. The Bertz CT molecular complexity index is 277.